The number of hydrogen-bond acceptors (Lipinski definition) is 4. The third-order valence-electron chi connectivity index (χ3n) is 9.46. The number of aromatic nitrogens is 4. The number of fused-ring (bicyclic) bond motifs is 6. The Labute approximate surface area is 313 Å². The Kier molecular flexibility index (Phi) is 10.9. The maximum atomic E-state index is 6.28. The van der Waals surface area contributed by atoms with E-state index in [-0.39, 0.29) is 12.4 Å². The summed E-state index contributed by atoms with van der Waals surface area (Å²) in [5, 5.41) is 13.7. The summed E-state index contributed by atoms with van der Waals surface area (Å²) in [7, 11) is 0. The van der Waals surface area contributed by atoms with Crippen molar-refractivity contribution < 1.29 is 0 Å². The van der Waals surface area contributed by atoms with E-state index in [1.54, 1.807) is 0 Å². The fourth-order valence-corrected chi connectivity index (χ4v) is 7.51. The normalized spacial score (nSPS) is 11.6. The molecular formula is C42H39Cl3N6. The Balaban J connectivity index is 0.00000406. The van der Waals surface area contributed by atoms with Crippen molar-refractivity contribution >= 4 is 79.2 Å². The molecule has 4 heterocycles. The third-order valence-corrected chi connectivity index (χ3v) is 9.93. The summed E-state index contributed by atoms with van der Waals surface area (Å²) in [4.78, 5) is 9.67. The molecule has 4 aromatic carbocycles. The number of unbranched alkanes of at least 4 members (excludes halogenated alkanes) is 1. The lowest BCUT2D eigenvalue weighted by Crippen LogP contribution is -2.19. The molecule has 2 N–H and O–H groups in total. The quantitative estimate of drug-likeness (QED) is 0.116. The molecule has 0 saturated carbocycles. The van der Waals surface area contributed by atoms with Gasteiger partial charge in [0.25, 0.3) is 0 Å². The van der Waals surface area contributed by atoms with Gasteiger partial charge in [-0.25, -0.2) is 0 Å². The summed E-state index contributed by atoms with van der Waals surface area (Å²) in [6.07, 6.45) is 6.20. The summed E-state index contributed by atoms with van der Waals surface area (Å²) in [6.45, 7) is 4.86. The molecule has 0 amide bonds. The molecule has 8 aromatic rings. The van der Waals surface area contributed by atoms with Crippen molar-refractivity contribution in [3.8, 4) is 0 Å². The maximum Gasteiger partial charge on any atom is 0.0681 e. The highest BCUT2D eigenvalue weighted by Gasteiger charge is 2.14. The van der Waals surface area contributed by atoms with Crippen molar-refractivity contribution in [2.45, 2.75) is 39.0 Å². The van der Waals surface area contributed by atoms with Crippen LogP contribution in [0.25, 0.3) is 43.6 Å². The smallest absolute Gasteiger partial charge is 0.0681 e. The molecule has 258 valence electrons. The molecule has 0 atom stereocenters. The lowest BCUT2D eigenvalue weighted by atomic mass is 10.1. The van der Waals surface area contributed by atoms with Crippen molar-refractivity contribution in [3.05, 3.63) is 154 Å². The number of para-hydroxylation sites is 2. The molecule has 0 bridgehead atoms. The lowest BCUT2D eigenvalue weighted by Gasteiger charge is -2.09. The molecule has 0 unspecified atom stereocenters. The molecule has 0 spiro atoms. The van der Waals surface area contributed by atoms with E-state index in [0.717, 1.165) is 84.6 Å². The fraction of sp³-hybridized carbons (Fsp3) is 0.190. The largest absolute Gasteiger partial charge is 0.335 e. The van der Waals surface area contributed by atoms with Gasteiger partial charge in [0.05, 0.1) is 34.8 Å². The van der Waals surface area contributed by atoms with Crippen molar-refractivity contribution in [1.82, 2.24) is 29.7 Å². The van der Waals surface area contributed by atoms with Gasteiger partial charge in [-0.3, -0.25) is 9.97 Å². The van der Waals surface area contributed by atoms with Crippen molar-refractivity contribution in [1.29, 1.82) is 0 Å². The van der Waals surface area contributed by atoms with Crippen molar-refractivity contribution in [3.63, 3.8) is 0 Å². The maximum absolute atomic E-state index is 6.28. The molecule has 8 rings (SSSR count). The second-order valence-corrected chi connectivity index (χ2v) is 13.8. The van der Waals surface area contributed by atoms with Crippen LogP contribution in [0.3, 0.4) is 0 Å². The van der Waals surface area contributed by atoms with Crippen LogP contribution in [0.5, 0.6) is 0 Å². The van der Waals surface area contributed by atoms with Crippen LogP contribution in [-0.2, 0) is 26.2 Å². The summed E-state index contributed by atoms with van der Waals surface area (Å²) in [5.41, 5.74) is 9.14. The van der Waals surface area contributed by atoms with Gasteiger partial charge in [-0.15, -0.1) is 12.4 Å². The van der Waals surface area contributed by atoms with Gasteiger partial charge < -0.3 is 19.8 Å². The van der Waals surface area contributed by atoms with Crippen molar-refractivity contribution in [2.24, 2.45) is 0 Å². The minimum Gasteiger partial charge on any atom is -0.335 e. The van der Waals surface area contributed by atoms with Crippen LogP contribution < -0.4 is 10.6 Å². The molecule has 0 aliphatic carbocycles. The average molecular weight is 734 g/mol. The average Bonchev–Trinajstić information content (AvgIpc) is 3.61. The fourth-order valence-electron chi connectivity index (χ4n) is 7.08. The Morgan fingerprint density at radius 1 is 0.490 bits per heavy atom. The monoisotopic (exact) mass is 732 g/mol. The molecular weight excluding hydrogens is 695 g/mol. The molecule has 9 heteroatoms. The second-order valence-electron chi connectivity index (χ2n) is 12.9. The molecule has 0 aliphatic rings. The highest BCUT2D eigenvalue weighted by molar-refractivity contribution is 6.31. The summed E-state index contributed by atoms with van der Waals surface area (Å²) < 4.78 is 4.67. The zero-order chi connectivity index (χ0) is 33.9. The Hall–Kier alpha value is -4.43. The van der Waals surface area contributed by atoms with Crippen LogP contribution >= 0.6 is 35.6 Å². The topological polar surface area (TPSA) is 59.7 Å². The van der Waals surface area contributed by atoms with Crippen LogP contribution in [0.15, 0.2) is 122 Å². The van der Waals surface area contributed by atoms with E-state index >= 15 is 0 Å². The van der Waals surface area contributed by atoms with E-state index in [1.165, 1.54) is 43.7 Å². The van der Waals surface area contributed by atoms with Gasteiger partial charge >= 0.3 is 0 Å². The Bertz CT molecular complexity index is 2280. The van der Waals surface area contributed by atoms with Crippen LogP contribution in [0.4, 0.5) is 0 Å². The molecule has 4 aromatic heterocycles. The zero-order valence-electron chi connectivity index (χ0n) is 28.2. The number of pyridine rings is 2. The van der Waals surface area contributed by atoms with Crippen LogP contribution in [-0.4, -0.2) is 32.2 Å². The Morgan fingerprint density at radius 3 is 1.39 bits per heavy atom. The zero-order valence-corrected chi connectivity index (χ0v) is 30.5. The Morgan fingerprint density at radius 2 is 0.941 bits per heavy atom. The highest BCUT2D eigenvalue weighted by atomic mass is 35.5. The van der Waals surface area contributed by atoms with E-state index in [9.17, 15) is 0 Å². The second kappa shape index (κ2) is 15.9. The molecule has 0 aliphatic heterocycles. The van der Waals surface area contributed by atoms with Gasteiger partial charge in [-0.05, 0) is 85.6 Å². The van der Waals surface area contributed by atoms with Gasteiger partial charge in [0.1, 0.15) is 0 Å². The third kappa shape index (κ3) is 7.62. The number of hydrogen-bond donors (Lipinski definition) is 2. The first-order valence-electron chi connectivity index (χ1n) is 17.2. The van der Waals surface area contributed by atoms with Crippen LogP contribution in [0.1, 0.15) is 35.4 Å². The van der Waals surface area contributed by atoms with Gasteiger partial charge in [0.2, 0.25) is 0 Å². The number of halogens is 3. The minimum absolute atomic E-state index is 0. The molecule has 51 heavy (non-hydrogen) atoms. The van der Waals surface area contributed by atoms with E-state index in [2.05, 4.69) is 92.6 Å². The predicted octanol–water partition coefficient (Wildman–Crippen LogP) is 10.2. The number of nitrogens with one attached hydrogen (secondary N) is 2. The summed E-state index contributed by atoms with van der Waals surface area (Å²) in [5.74, 6) is 0. The lowest BCUT2D eigenvalue weighted by molar-refractivity contribution is 0.576. The molecule has 0 radical (unpaired) electrons. The summed E-state index contributed by atoms with van der Waals surface area (Å²) in [6, 6.07) is 37.8. The first-order chi connectivity index (χ1) is 24.6. The van der Waals surface area contributed by atoms with E-state index < -0.39 is 0 Å². The highest BCUT2D eigenvalue weighted by Crippen LogP contribution is 2.31. The van der Waals surface area contributed by atoms with Gasteiger partial charge in [0, 0.05) is 68.8 Å². The first kappa shape index (κ1) is 35.0. The number of rotatable bonds is 13. The predicted molar refractivity (Wildman–Crippen MR) is 215 cm³/mol. The van der Waals surface area contributed by atoms with E-state index in [0.29, 0.717) is 0 Å². The molecule has 0 saturated heterocycles. The standard InChI is InChI=1S/C42H38Cl2N6.ClH/c43-31-11-7-9-29(19-31)27-49-39-15-3-1-13-35(39)37-21-33(47-25-41(37)49)23-45-17-5-6-18-46-24-34-22-38-36-14-2-4-16-40(36)50(42(38)26-48-34)28-30-10-8-12-32(44)20-30;/h1-4,7-16,19-22,25-26,45-46H,5-6,17-18,23-24,27-28H2;1H. The molecule has 0 fully saturated rings. The molecule has 6 nitrogen and oxygen atoms in total. The van der Waals surface area contributed by atoms with Crippen molar-refractivity contribution in [2.75, 3.05) is 13.1 Å². The van der Waals surface area contributed by atoms with Gasteiger partial charge in [0.15, 0.2) is 0 Å². The van der Waals surface area contributed by atoms with Crippen LogP contribution in [0.2, 0.25) is 10.0 Å². The van der Waals surface area contributed by atoms with Crippen LogP contribution in [0, 0.1) is 0 Å². The van der Waals surface area contributed by atoms with E-state index in [1.807, 2.05) is 48.8 Å². The minimum atomic E-state index is 0. The van der Waals surface area contributed by atoms with E-state index in [4.69, 9.17) is 33.2 Å². The first-order valence-corrected chi connectivity index (χ1v) is 18.0. The van der Waals surface area contributed by atoms with Gasteiger partial charge in [-0.1, -0.05) is 83.9 Å². The van der Waals surface area contributed by atoms with Gasteiger partial charge in [-0.2, -0.15) is 0 Å². The summed E-state index contributed by atoms with van der Waals surface area (Å²) >= 11 is 12.6. The number of benzene rings is 4. The SMILES string of the molecule is Cl.Clc1cccc(Cn2c3ccccc3c3cc(CNCCCCNCc4cc5c6ccccc6n(Cc6cccc(Cl)c6)c5cn4)ncc32)c1. The number of nitrogens with zero attached hydrogens (tertiary/aromatic N) is 4.